The van der Waals surface area contributed by atoms with Gasteiger partial charge in [0.15, 0.2) is 0 Å². The first-order valence-corrected chi connectivity index (χ1v) is 5.96. The van der Waals surface area contributed by atoms with E-state index in [-0.39, 0.29) is 10.8 Å². The molecule has 0 aromatic heterocycles. The van der Waals surface area contributed by atoms with Crippen molar-refractivity contribution < 1.29 is 9.13 Å². The van der Waals surface area contributed by atoms with E-state index in [1.807, 2.05) is 0 Å². The van der Waals surface area contributed by atoms with Crippen LogP contribution in [0.3, 0.4) is 0 Å². The van der Waals surface area contributed by atoms with Gasteiger partial charge in [-0.3, -0.25) is 4.90 Å². The zero-order chi connectivity index (χ0) is 12.3. The average Bonchev–Trinajstić information content (AvgIpc) is 2.33. The Labute approximate surface area is 105 Å². The molecule has 1 aromatic rings. The fourth-order valence-corrected chi connectivity index (χ4v) is 1.96. The van der Waals surface area contributed by atoms with Crippen molar-refractivity contribution in [3.05, 3.63) is 35.1 Å². The number of ether oxygens (including phenoxy) is 1. The molecular formula is C12H15FN2OS. The van der Waals surface area contributed by atoms with Gasteiger partial charge in [0.05, 0.1) is 13.2 Å². The van der Waals surface area contributed by atoms with E-state index < -0.39 is 0 Å². The second-order valence-electron chi connectivity index (χ2n) is 4.06. The Hall–Kier alpha value is -1.04. The van der Waals surface area contributed by atoms with Crippen LogP contribution in [-0.4, -0.2) is 36.2 Å². The van der Waals surface area contributed by atoms with Gasteiger partial charge in [0, 0.05) is 30.8 Å². The van der Waals surface area contributed by atoms with Gasteiger partial charge in [-0.05, 0) is 6.07 Å². The summed E-state index contributed by atoms with van der Waals surface area (Å²) in [5, 5.41) is 0. The van der Waals surface area contributed by atoms with E-state index in [0.29, 0.717) is 30.9 Å². The number of rotatable bonds is 3. The molecule has 92 valence electrons. The van der Waals surface area contributed by atoms with Gasteiger partial charge in [0.25, 0.3) is 0 Å². The fraction of sp³-hybridized carbons (Fsp3) is 0.417. The minimum atomic E-state index is -0.248. The van der Waals surface area contributed by atoms with Gasteiger partial charge in [-0.2, -0.15) is 0 Å². The molecular weight excluding hydrogens is 239 g/mol. The predicted molar refractivity (Wildman–Crippen MR) is 68.4 cm³/mol. The van der Waals surface area contributed by atoms with Crippen molar-refractivity contribution in [2.45, 2.75) is 6.54 Å². The van der Waals surface area contributed by atoms with Crippen molar-refractivity contribution in [1.82, 2.24) is 4.90 Å². The first-order chi connectivity index (χ1) is 8.16. The fourth-order valence-electron chi connectivity index (χ4n) is 1.83. The quantitative estimate of drug-likeness (QED) is 0.825. The van der Waals surface area contributed by atoms with Crippen molar-refractivity contribution >= 4 is 17.2 Å². The zero-order valence-electron chi connectivity index (χ0n) is 9.49. The molecule has 1 aromatic carbocycles. The normalized spacial score (nSPS) is 17.0. The molecule has 2 rings (SSSR count). The lowest BCUT2D eigenvalue weighted by Crippen LogP contribution is -2.35. The van der Waals surface area contributed by atoms with Gasteiger partial charge >= 0.3 is 0 Å². The maximum Gasteiger partial charge on any atom is 0.128 e. The maximum absolute atomic E-state index is 13.8. The van der Waals surface area contributed by atoms with Gasteiger partial charge < -0.3 is 10.5 Å². The summed E-state index contributed by atoms with van der Waals surface area (Å²) in [6, 6.07) is 4.92. The lowest BCUT2D eigenvalue weighted by atomic mass is 10.1. The van der Waals surface area contributed by atoms with Crippen LogP contribution in [0.2, 0.25) is 0 Å². The molecule has 1 saturated heterocycles. The van der Waals surface area contributed by atoms with Gasteiger partial charge in [-0.25, -0.2) is 4.39 Å². The molecule has 1 aliphatic heterocycles. The summed E-state index contributed by atoms with van der Waals surface area (Å²) >= 11 is 4.81. The number of halogens is 1. The average molecular weight is 254 g/mol. The first-order valence-electron chi connectivity index (χ1n) is 5.55. The van der Waals surface area contributed by atoms with Crippen LogP contribution in [0.5, 0.6) is 0 Å². The van der Waals surface area contributed by atoms with E-state index in [4.69, 9.17) is 22.7 Å². The van der Waals surface area contributed by atoms with Crippen molar-refractivity contribution in [3.63, 3.8) is 0 Å². The minimum Gasteiger partial charge on any atom is -0.389 e. The third-order valence-electron chi connectivity index (χ3n) is 2.84. The lowest BCUT2D eigenvalue weighted by molar-refractivity contribution is 0.0337. The first kappa shape index (κ1) is 12.4. The molecule has 1 heterocycles. The molecule has 2 N–H and O–H groups in total. The number of benzene rings is 1. The Kier molecular flexibility index (Phi) is 4.04. The highest BCUT2D eigenvalue weighted by atomic mass is 32.1. The van der Waals surface area contributed by atoms with E-state index in [1.54, 1.807) is 12.1 Å². The standard InChI is InChI=1S/C12H15FN2OS/c13-11-7-9(12(14)17)1-2-10(11)8-15-3-5-16-6-4-15/h1-2,7H,3-6,8H2,(H2,14,17). The molecule has 0 radical (unpaired) electrons. The SMILES string of the molecule is NC(=S)c1ccc(CN2CCOCC2)c(F)c1. The highest BCUT2D eigenvalue weighted by Gasteiger charge is 2.13. The number of nitrogens with two attached hydrogens (primary N) is 1. The van der Waals surface area contributed by atoms with Gasteiger partial charge in [-0.1, -0.05) is 24.4 Å². The smallest absolute Gasteiger partial charge is 0.128 e. The van der Waals surface area contributed by atoms with Crippen LogP contribution in [0.25, 0.3) is 0 Å². The molecule has 17 heavy (non-hydrogen) atoms. The van der Waals surface area contributed by atoms with E-state index in [2.05, 4.69) is 4.90 Å². The van der Waals surface area contributed by atoms with E-state index >= 15 is 0 Å². The molecule has 1 fully saturated rings. The van der Waals surface area contributed by atoms with E-state index in [0.717, 1.165) is 13.1 Å². The topological polar surface area (TPSA) is 38.5 Å². The predicted octanol–water partition coefficient (Wildman–Crippen LogP) is 1.29. The number of hydrogen-bond acceptors (Lipinski definition) is 3. The van der Waals surface area contributed by atoms with Gasteiger partial charge in [0.1, 0.15) is 10.8 Å². The second kappa shape index (κ2) is 5.53. The summed E-state index contributed by atoms with van der Waals surface area (Å²) in [4.78, 5) is 2.39. The largest absolute Gasteiger partial charge is 0.389 e. The Morgan fingerprint density at radius 2 is 2.12 bits per heavy atom. The minimum absolute atomic E-state index is 0.224. The molecule has 0 amide bonds. The summed E-state index contributed by atoms with van der Waals surface area (Å²) in [6.45, 7) is 3.72. The Morgan fingerprint density at radius 1 is 1.41 bits per heavy atom. The van der Waals surface area contributed by atoms with Gasteiger partial charge in [-0.15, -0.1) is 0 Å². The van der Waals surface area contributed by atoms with Crippen LogP contribution in [0.15, 0.2) is 18.2 Å². The molecule has 0 aliphatic carbocycles. The van der Waals surface area contributed by atoms with Crippen LogP contribution in [0.1, 0.15) is 11.1 Å². The molecule has 0 saturated carbocycles. The highest BCUT2D eigenvalue weighted by Crippen LogP contribution is 2.14. The summed E-state index contributed by atoms with van der Waals surface area (Å²) in [7, 11) is 0. The van der Waals surface area contributed by atoms with Crippen LogP contribution in [-0.2, 0) is 11.3 Å². The van der Waals surface area contributed by atoms with E-state index in [1.165, 1.54) is 6.07 Å². The number of hydrogen-bond donors (Lipinski definition) is 1. The zero-order valence-corrected chi connectivity index (χ0v) is 10.3. The highest BCUT2D eigenvalue weighted by molar-refractivity contribution is 7.80. The maximum atomic E-state index is 13.8. The Morgan fingerprint density at radius 3 is 2.71 bits per heavy atom. The lowest BCUT2D eigenvalue weighted by Gasteiger charge is -2.26. The molecule has 1 aliphatic rings. The van der Waals surface area contributed by atoms with E-state index in [9.17, 15) is 4.39 Å². The van der Waals surface area contributed by atoms with Crippen molar-refractivity contribution in [1.29, 1.82) is 0 Å². The van der Waals surface area contributed by atoms with Crippen LogP contribution < -0.4 is 5.73 Å². The van der Waals surface area contributed by atoms with Crippen molar-refractivity contribution in [2.75, 3.05) is 26.3 Å². The molecule has 0 spiro atoms. The Bertz CT molecular complexity index is 419. The Balaban J connectivity index is 2.08. The summed E-state index contributed by atoms with van der Waals surface area (Å²) in [5.41, 5.74) is 6.70. The molecule has 3 nitrogen and oxygen atoms in total. The monoisotopic (exact) mass is 254 g/mol. The van der Waals surface area contributed by atoms with Crippen molar-refractivity contribution in [3.8, 4) is 0 Å². The number of thiocarbonyl (C=S) groups is 1. The third-order valence-corrected chi connectivity index (χ3v) is 3.07. The summed E-state index contributed by atoms with van der Waals surface area (Å²) < 4.78 is 19.0. The van der Waals surface area contributed by atoms with Crippen molar-refractivity contribution in [2.24, 2.45) is 5.73 Å². The molecule has 5 heteroatoms. The van der Waals surface area contributed by atoms with Gasteiger partial charge in [0.2, 0.25) is 0 Å². The molecule has 0 bridgehead atoms. The summed E-state index contributed by atoms with van der Waals surface area (Å²) in [5.74, 6) is -0.248. The van der Waals surface area contributed by atoms with Crippen LogP contribution in [0, 0.1) is 5.82 Å². The number of nitrogens with zero attached hydrogens (tertiary/aromatic N) is 1. The molecule has 0 unspecified atom stereocenters. The summed E-state index contributed by atoms with van der Waals surface area (Å²) in [6.07, 6.45) is 0. The molecule has 0 atom stereocenters. The third kappa shape index (κ3) is 3.21. The second-order valence-corrected chi connectivity index (χ2v) is 4.50. The van der Waals surface area contributed by atoms with Crippen LogP contribution >= 0.6 is 12.2 Å². The number of morpholine rings is 1. The van der Waals surface area contributed by atoms with Crippen LogP contribution in [0.4, 0.5) is 4.39 Å².